The Labute approximate surface area is 66.6 Å². The van der Waals surface area contributed by atoms with Crippen LogP contribution < -0.4 is 0 Å². The summed E-state index contributed by atoms with van der Waals surface area (Å²) in [6, 6.07) is -0.110. The number of hydrogen-bond acceptors (Lipinski definition) is 3. The first-order valence-electron chi connectivity index (χ1n) is 3.70. The summed E-state index contributed by atoms with van der Waals surface area (Å²) in [6.45, 7) is 5.48. The molecule has 0 saturated carbocycles. The number of carbonyl (C=O) groups is 1. The van der Waals surface area contributed by atoms with Gasteiger partial charge in [-0.2, -0.15) is 0 Å². The van der Waals surface area contributed by atoms with Gasteiger partial charge in [0.1, 0.15) is 0 Å². The van der Waals surface area contributed by atoms with Crippen molar-refractivity contribution in [2.75, 3.05) is 26.8 Å². The Morgan fingerprint density at radius 2 is 2.55 bits per heavy atom. The maximum absolute atomic E-state index is 11.1. The number of carbonyl (C=O) groups excluding carboxylic acids is 1. The summed E-state index contributed by atoms with van der Waals surface area (Å²) in [7, 11) is 1.93. The Morgan fingerprint density at radius 3 is 3.09 bits per heavy atom. The van der Waals surface area contributed by atoms with E-state index in [0.29, 0.717) is 6.61 Å². The second-order valence-corrected chi connectivity index (χ2v) is 2.68. The van der Waals surface area contributed by atoms with E-state index in [9.17, 15) is 4.79 Å². The van der Waals surface area contributed by atoms with E-state index in [0.717, 1.165) is 13.2 Å². The molecule has 3 heteroatoms. The van der Waals surface area contributed by atoms with Crippen molar-refractivity contribution < 1.29 is 9.53 Å². The van der Waals surface area contributed by atoms with Gasteiger partial charge in [0.2, 0.25) is 0 Å². The van der Waals surface area contributed by atoms with Gasteiger partial charge in [0.15, 0.2) is 5.78 Å². The fourth-order valence-corrected chi connectivity index (χ4v) is 1.12. The van der Waals surface area contributed by atoms with Gasteiger partial charge in [-0.3, -0.25) is 9.69 Å². The molecule has 0 bridgehead atoms. The second kappa shape index (κ2) is 3.64. The standard InChI is InChI=1S/C8H13NO2/c1-3-8(10)7-6-11-5-4-9(7)2/h3,7H,1,4-6H2,2H3. The lowest BCUT2D eigenvalue weighted by Gasteiger charge is -2.30. The molecule has 1 atom stereocenters. The van der Waals surface area contributed by atoms with Crippen molar-refractivity contribution in [3.63, 3.8) is 0 Å². The normalized spacial score (nSPS) is 26.5. The lowest BCUT2D eigenvalue weighted by molar-refractivity contribution is -0.124. The summed E-state index contributed by atoms with van der Waals surface area (Å²) in [5.74, 6) is 0.0483. The molecule has 0 radical (unpaired) electrons. The van der Waals surface area contributed by atoms with Gasteiger partial charge in [-0.1, -0.05) is 6.58 Å². The molecule has 0 aliphatic carbocycles. The zero-order valence-corrected chi connectivity index (χ0v) is 6.75. The number of likely N-dealkylation sites (N-methyl/N-ethyl adjacent to an activating group) is 1. The van der Waals surface area contributed by atoms with Crippen LogP contribution in [0, 0.1) is 0 Å². The summed E-state index contributed by atoms with van der Waals surface area (Å²) < 4.78 is 5.17. The van der Waals surface area contributed by atoms with E-state index in [1.807, 2.05) is 11.9 Å². The highest BCUT2D eigenvalue weighted by atomic mass is 16.5. The van der Waals surface area contributed by atoms with Crippen LogP contribution in [-0.4, -0.2) is 43.5 Å². The Kier molecular flexibility index (Phi) is 2.79. The summed E-state index contributed by atoms with van der Waals surface area (Å²) in [6.07, 6.45) is 1.36. The fraction of sp³-hybridized carbons (Fsp3) is 0.625. The van der Waals surface area contributed by atoms with Crippen molar-refractivity contribution in [2.45, 2.75) is 6.04 Å². The lowest BCUT2D eigenvalue weighted by atomic mass is 10.1. The monoisotopic (exact) mass is 155 g/mol. The molecular weight excluding hydrogens is 142 g/mol. The fourth-order valence-electron chi connectivity index (χ4n) is 1.12. The van der Waals surface area contributed by atoms with Crippen LogP contribution >= 0.6 is 0 Å². The lowest BCUT2D eigenvalue weighted by Crippen LogP contribution is -2.46. The molecule has 1 aliphatic heterocycles. The minimum atomic E-state index is -0.110. The highest BCUT2D eigenvalue weighted by molar-refractivity contribution is 5.93. The van der Waals surface area contributed by atoms with Crippen molar-refractivity contribution in [3.05, 3.63) is 12.7 Å². The molecule has 1 aliphatic rings. The zero-order valence-electron chi connectivity index (χ0n) is 6.75. The van der Waals surface area contributed by atoms with Crippen LogP contribution in [0.25, 0.3) is 0 Å². The predicted octanol–water partition coefficient (Wildman–Crippen LogP) is 0.0721. The van der Waals surface area contributed by atoms with Crippen LogP contribution in [0.1, 0.15) is 0 Å². The number of nitrogens with zero attached hydrogens (tertiary/aromatic N) is 1. The van der Waals surface area contributed by atoms with Crippen molar-refractivity contribution >= 4 is 5.78 Å². The number of rotatable bonds is 2. The molecule has 1 rings (SSSR count). The molecule has 1 saturated heterocycles. The first-order valence-corrected chi connectivity index (χ1v) is 3.70. The van der Waals surface area contributed by atoms with Gasteiger partial charge < -0.3 is 4.74 Å². The number of morpholine rings is 1. The number of ether oxygens (including phenoxy) is 1. The molecule has 0 spiro atoms. The zero-order chi connectivity index (χ0) is 8.27. The van der Waals surface area contributed by atoms with Gasteiger partial charge in [-0.25, -0.2) is 0 Å². The molecule has 0 aromatic carbocycles. The van der Waals surface area contributed by atoms with E-state index in [4.69, 9.17) is 4.74 Å². The third-order valence-electron chi connectivity index (χ3n) is 1.93. The van der Waals surface area contributed by atoms with Crippen LogP contribution in [0.2, 0.25) is 0 Å². The Bertz CT molecular complexity index is 167. The largest absolute Gasteiger partial charge is 0.378 e. The van der Waals surface area contributed by atoms with Gasteiger partial charge in [0, 0.05) is 6.54 Å². The topological polar surface area (TPSA) is 29.5 Å². The Hall–Kier alpha value is -0.670. The third kappa shape index (κ3) is 1.88. The van der Waals surface area contributed by atoms with Crippen LogP contribution in [-0.2, 0) is 9.53 Å². The molecule has 1 heterocycles. The molecule has 1 fully saturated rings. The number of ketones is 1. The molecule has 0 aromatic heterocycles. The van der Waals surface area contributed by atoms with E-state index in [1.54, 1.807) is 0 Å². The smallest absolute Gasteiger partial charge is 0.174 e. The average Bonchev–Trinajstić information content (AvgIpc) is 2.04. The van der Waals surface area contributed by atoms with Crippen molar-refractivity contribution in [1.82, 2.24) is 4.90 Å². The van der Waals surface area contributed by atoms with Gasteiger partial charge in [-0.15, -0.1) is 0 Å². The molecule has 0 aromatic rings. The van der Waals surface area contributed by atoms with Crippen LogP contribution in [0.4, 0.5) is 0 Å². The minimum absolute atomic E-state index is 0.0483. The summed E-state index contributed by atoms with van der Waals surface area (Å²) >= 11 is 0. The molecule has 0 amide bonds. The minimum Gasteiger partial charge on any atom is -0.378 e. The first-order chi connectivity index (χ1) is 5.25. The van der Waals surface area contributed by atoms with Crippen LogP contribution in [0.5, 0.6) is 0 Å². The van der Waals surface area contributed by atoms with E-state index >= 15 is 0 Å². The molecule has 1 unspecified atom stereocenters. The summed E-state index contributed by atoms with van der Waals surface area (Å²) in [4.78, 5) is 13.1. The molecule has 0 N–H and O–H groups in total. The van der Waals surface area contributed by atoms with Crippen molar-refractivity contribution in [2.24, 2.45) is 0 Å². The average molecular weight is 155 g/mol. The SMILES string of the molecule is C=CC(=O)C1COCCN1C. The van der Waals surface area contributed by atoms with Crippen LogP contribution in [0.15, 0.2) is 12.7 Å². The summed E-state index contributed by atoms with van der Waals surface area (Å²) in [5.41, 5.74) is 0. The van der Waals surface area contributed by atoms with Crippen LogP contribution in [0.3, 0.4) is 0 Å². The van der Waals surface area contributed by atoms with E-state index in [-0.39, 0.29) is 11.8 Å². The van der Waals surface area contributed by atoms with E-state index in [2.05, 4.69) is 6.58 Å². The molecular formula is C8H13NO2. The van der Waals surface area contributed by atoms with Gasteiger partial charge >= 0.3 is 0 Å². The maximum atomic E-state index is 11.1. The van der Waals surface area contributed by atoms with Gasteiger partial charge in [0.25, 0.3) is 0 Å². The summed E-state index contributed by atoms with van der Waals surface area (Å²) in [5, 5.41) is 0. The second-order valence-electron chi connectivity index (χ2n) is 2.68. The highest BCUT2D eigenvalue weighted by Crippen LogP contribution is 2.04. The van der Waals surface area contributed by atoms with E-state index in [1.165, 1.54) is 6.08 Å². The third-order valence-corrected chi connectivity index (χ3v) is 1.93. The first kappa shape index (κ1) is 8.43. The Balaban J connectivity index is 2.53. The molecule has 62 valence electrons. The predicted molar refractivity (Wildman–Crippen MR) is 42.4 cm³/mol. The number of hydrogen-bond donors (Lipinski definition) is 0. The molecule has 3 nitrogen and oxygen atoms in total. The van der Waals surface area contributed by atoms with E-state index < -0.39 is 0 Å². The van der Waals surface area contributed by atoms with Gasteiger partial charge in [0.05, 0.1) is 19.3 Å². The van der Waals surface area contributed by atoms with Crippen molar-refractivity contribution in [3.8, 4) is 0 Å². The van der Waals surface area contributed by atoms with Crippen molar-refractivity contribution in [1.29, 1.82) is 0 Å². The molecule has 11 heavy (non-hydrogen) atoms. The highest BCUT2D eigenvalue weighted by Gasteiger charge is 2.23. The van der Waals surface area contributed by atoms with Gasteiger partial charge in [-0.05, 0) is 13.1 Å². The maximum Gasteiger partial charge on any atom is 0.174 e. The Morgan fingerprint density at radius 1 is 1.82 bits per heavy atom. The quantitative estimate of drug-likeness (QED) is 0.529.